The third-order valence-corrected chi connectivity index (χ3v) is 4.73. The van der Waals surface area contributed by atoms with Crippen molar-refractivity contribution in [2.24, 2.45) is 0 Å². The number of nitriles is 2. The van der Waals surface area contributed by atoms with Crippen LogP contribution in [0.5, 0.6) is 0 Å². The van der Waals surface area contributed by atoms with Crippen molar-refractivity contribution >= 4 is 0 Å². The third-order valence-electron chi connectivity index (χ3n) is 4.73. The molecule has 3 heteroatoms. The average Bonchev–Trinajstić information content (AvgIpc) is 3.26. The summed E-state index contributed by atoms with van der Waals surface area (Å²) in [4.78, 5) is 0. The van der Waals surface area contributed by atoms with Crippen LogP contribution in [0.4, 0.5) is 0 Å². The number of hydrogen-bond donors (Lipinski definition) is 0. The van der Waals surface area contributed by atoms with Crippen LogP contribution in [0, 0.1) is 22.7 Å². The van der Waals surface area contributed by atoms with Crippen molar-refractivity contribution in [1.82, 2.24) is 0 Å². The van der Waals surface area contributed by atoms with Crippen molar-refractivity contribution < 1.29 is 4.74 Å². The lowest BCUT2D eigenvalue weighted by molar-refractivity contribution is 0.0890. The summed E-state index contributed by atoms with van der Waals surface area (Å²) in [5, 5.41) is 18.6. The minimum absolute atomic E-state index is 0.534. The van der Waals surface area contributed by atoms with Crippen molar-refractivity contribution in [2.45, 2.75) is 38.7 Å². The molecule has 120 valence electrons. The Balaban J connectivity index is 1.79. The molecular formula is C21H20N2O. The van der Waals surface area contributed by atoms with E-state index in [1.165, 1.54) is 11.1 Å². The van der Waals surface area contributed by atoms with Gasteiger partial charge < -0.3 is 4.74 Å². The highest BCUT2D eigenvalue weighted by atomic mass is 16.5. The van der Waals surface area contributed by atoms with E-state index in [0.29, 0.717) is 17.8 Å². The predicted molar refractivity (Wildman–Crippen MR) is 93.6 cm³/mol. The molecule has 0 aromatic carbocycles. The average molecular weight is 316 g/mol. The van der Waals surface area contributed by atoms with E-state index in [0.717, 1.165) is 30.4 Å². The molecule has 1 atom stereocenters. The molecule has 3 nitrogen and oxygen atoms in total. The summed E-state index contributed by atoms with van der Waals surface area (Å²) >= 11 is 0. The highest BCUT2D eigenvalue weighted by Gasteiger charge is 2.58. The van der Waals surface area contributed by atoms with Crippen LogP contribution < -0.4 is 0 Å². The molecule has 0 heterocycles. The van der Waals surface area contributed by atoms with Gasteiger partial charge in [-0.3, -0.25) is 0 Å². The van der Waals surface area contributed by atoms with Crippen molar-refractivity contribution in [2.75, 3.05) is 6.61 Å². The molecule has 0 radical (unpaired) electrons. The zero-order valence-corrected chi connectivity index (χ0v) is 14.1. The molecule has 0 amide bonds. The van der Waals surface area contributed by atoms with Gasteiger partial charge in [0.25, 0.3) is 0 Å². The van der Waals surface area contributed by atoms with Crippen LogP contribution in [0.15, 0.2) is 69.9 Å². The molecule has 3 aliphatic rings. The predicted octanol–water partition coefficient (Wildman–Crippen LogP) is 4.60. The lowest BCUT2D eigenvalue weighted by atomic mass is 10.00. The number of nitrogens with zero attached hydrogens (tertiary/aromatic N) is 2. The first-order valence-corrected chi connectivity index (χ1v) is 8.22. The molecule has 1 fully saturated rings. The number of rotatable bonds is 5. The molecule has 0 saturated heterocycles. The largest absolute Gasteiger partial charge is 0.360 e. The van der Waals surface area contributed by atoms with Crippen LogP contribution in [0.1, 0.15) is 33.1 Å². The highest BCUT2D eigenvalue weighted by molar-refractivity contribution is 5.69. The fraction of sp³-hybridized carbons (Fsp3) is 0.333. The molecule has 0 N–H and O–H groups in total. The van der Waals surface area contributed by atoms with E-state index < -0.39 is 5.60 Å². The van der Waals surface area contributed by atoms with E-state index >= 15 is 0 Å². The van der Waals surface area contributed by atoms with Crippen LogP contribution in [-0.2, 0) is 4.74 Å². The van der Waals surface area contributed by atoms with Crippen molar-refractivity contribution in [3.63, 3.8) is 0 Å². The zero-order valence-electron chi connectivity index (χ0n) is 14.1. The Kier molecular flexibility index (Phi) is 4.38. The van der Waals surface area contributed by atoms with E-state index in [1.54, 1.807) is 6.08 Å². The molecule has 3 rings (SSSR count). The van der Waals surface area contributed by atoms with Gasteiger partial charge in [-0.05, 0) is 61.6 Å². The van der Waals surface area contributed by atoms with Crippen LogP contribution >= 0.6 is 0 Å². The molecular weight excluding hydrogens is 296 g/mol. The summed E-state index contributed by atoms with van der Waals surface area (Å²) in [6, 6.07) is 4.45. The van der Waals surface area contributed by atoms with Gasteiger partial charge in [-0.15, -0.1) is 0 Å². The minimum Gasteiger partial charge on any atom is -0.360 e. The van der Waals surface area contributed by atoms with E-state index in [4.69, 9.17) is 4.74 Å². The maximum absolute atomic E-state index is 9.46. The number of hydrogen-bond acceptors (Lipinski definition) is 3. The molecule has 0 spiro atoms. The zero-order chi connectivity index (χ0) is 17.2. The van der Waals surface area contributed by atoms with Crippen molar-refractivity contribution in [3.8, 4) is 12.1 Å². The summed E-state index contributed by atoms with van der Waals surface area (Å²) in [7, 11) is 0. The number of allylic oxidation sites excluding steroid dienone is 9. The van der Waals surface area contributed by atoms with Crippen LogP contribution in [0.3, 0.4) is 0 Å². The van der Waals surface area contributed by atoms with E-state index in [1.807, 2.05) is 25.2 Å². The summed E-state index contributed by atoms with van der Waals surface area (Å²) in [6.45, 7) is 4.58. The first kappa shape index (κ1) is 16.2. The lowest BCUT2D eigenvalue weighted by Gasteiger charge is -2.17. The third kappa shape index (κ3) is 2.92. The fourth-order valence-electron chi connectivity index (χ4n) is 3.21. The van der Waals surface area contributed by atoms with Gasteiger partial charge in [0.2, 0.25) is 0 Å². The second kappa shape index (κ2) is 6.48. The SMILES string of the molecule is C/C=C\C(C#N)=C/C1=C2CC2(OCC2=CC=C(C)CC2)C(C#N)=C1. The molecule has 1 saturated carbocycles. The Hall–Kier alpha value is -2.62. The number of ether oxygens (including phenoxy) is 1. The van der Waals surface area contributed by atoms with Gasteiger partial charge in [0.1, 0.15) is 5.60 Å². The topological polar surface area (TPSA) is 56.8 Å². The Labute approximate surface area is 143 Å². The number of fused-ring (bicyclic) bond motifs is 1. The van der Waals surface area contributed by atoms with Crippen LogP contribution in [-0.4, -0.2) is 12.2 Å². The second-order valence-electron chi connectivity index (χ2n) is 6.45. The summed E-state index contributed by atoms with van der Waals surface area (Å²) in [5.41, 5.74) is 5.45. The van der Waals surface area contributed by atoms with Gasteiger partial charge in [0.15, 0.2) is 0 Å². The minimum atomic E-state index is -0.534. The monoisotopic (exact) mass is 316 g/mol. The maximum atomic E-state index is 9.46. The highest BCUT2D eigenvalue weighted by Crippen LogP contribution is 2.58. The molecule has 3 aliphatic carbocycles. The van der Waals surface area contributed by atoms with Crippen molar-refractivity contribution in [1.29, 1.82) is 10.5 Å². The van der Waals surface area contributed by atoms with Gasteiger partial charge in [-0.1, -0.05) is 23.8 Å². The molecule has 24 heavy (non-hydrogen) atoms. The Bertz CT molecular complexity index is 834. The fourth-order valence-corrected chi connectivity index (χ4v) is 3.21. The molecule has 0 aromatic heterocycles. The summed E-state index contributed by atoms with van der Waals surface area (Å²) < 4.78 is 6.17. The van der Waals surface area contributed by atoms with Gasteiger partial charge in [-0.25, -0.2) is 0 Å². The quantitative estimate of drug-likeness (QED) is 0.550. The van der Waals surface area contributed by atoms with Gasteiger partial charge in [-0.2, -0.15) is 10.5 Å². The lowest BCUT2D eigenvalue weighted by Crippen LogP contribution is -2.18. The van der Waals surface area contributed by atoms with Gasteiger partial charge >= 0.3 is 0 Å². The summed E-state index contributed by atoms with van der Waals surface area (Å²) in [5.74, 6) is 0. The Morgan fingerprint density at radius 3 is 2.79 bits per heavy atom. The molecule has 0 aliphatic heterocycles. The van der Waals surface area contributed by atoms with Gasteiger partial charge in [0.05, 0.1) is 29.9 Å². The first-order chi connectivity index (χ1) is 11.6. The smallest absolute Gasteiger partial charge is 0.129 e. The van der Waals surface area contributed by atoms with E-state index in [2.05, 4.69) is 31.2 Å². The molecule has 1 unspecified atom stereocenters. The summed E-state index contributed by atoms with van der Waals surface area (Å²) in [6.07, 6.45) is 14.5. The van der Waals surface area contributed by atoms with Gasteiger partial charge in [0, 0.05) is 6.42 Å². The Morgan fingerprint density at radius 1 is 1.33 bits per heavy atom. The normalized spacial score (nSPS) is 25.7. The standard InChI is InChI=1S/C21H20N2O/c1-3-4-17(12-22)9-18-10-19(13-23)21(11-20(18)21)24-14-16-7-5-15(2)6-8-16/h3-5,7,9-10H,6,8,11,14H2,1-2H3/b4-3-,17-9+. The second-order valence-corrected chi connectivity index (χ2v) is 6.45. The van der Waals surface area contributed by atoms with Crippen molar-refractivity contribution in [3.05, 3.63) is 69.9 Å². The van der Waals surface area contributed by atoms with Crippen LogP contribution in [0.25, 0.3) is 0 Å². The maximum Gasteiger partial charge on any atom is 0.129 e. The first-order valence-electron chi connectivity index (χ1n) is 8.22. The van der Waals surface area contributed by atoms with E-state index in [-0.39, 0.29) is 0 Å². The molecule has 0 bridgehead atoms. The van der Waals surface area contributed by atoms with E-state index in [9.17, 15) is 10.5 Å². The molecule has 0 aromatic rings. The van der Waals surface area contributed by atoms with Crippen LogP contribution in [0.2, 0.25) is 0 Å². The Morgan fingerprint density at radius 2 is 2.17 bits per heavy atom.